The molecular formula is C17H26N2O. The molecule has 0 amide bonds. The first kappa shape index (κ1) is 13.9. The van der Waals surface area contributed by atoms with E-state index in [4.69, 9.17) is 4.74 Å². The summed E-state index contributed by atoms with van der Waals surface area (Å²) in [7, 11) is 3.98. The molecular weight excluding hydrogens is 248 g/mol. The van der Waals surface area contributed by atoms with Crippen LogP contribution in [0.15, 0.2) is 18.2 Å². The Kier molecular flexibility index (Phi) is 4.27. The maximum absolute atomic E-state index is 5.36. The molecule has 1 aromatic carbocycles. The van der Waals surface area contributed by atoms with E-state index in [9.17, 15) is 0 Å². The van der Waals surface area contributed by atoms with Crippen LogP contribution in [0.25, 0.3) is 0 Å². The molecule has 1 aliphatic heterocycles. The fourth-order valence-corrected chi connectivity index (χ4v) is 3.67. The quantitative estimate of drug-likeness (QED) is 0.913. The molecule has 110 valence electrons. The van der Waals surface area contributed by atoms with Crippen molar-refractivity contribution in [3.05, 3.63) is 29.3 Å². The molecule has 1 heterocycles. The molecule has 1 fully saturated rings. The number of piperidine rings is 1. The molecule has 3 nitrogen and oxygen atoms in total. The molecule has 1 N–H and O–H groups in total. The highest BCUT2D eigenvalue weighted by molar-refractivity contribution is 5.40. The number of fused-ring (bicyclic) bond motifs is 1. The van der Waals surface area contributed by atoms with E-state index in [2.05, 4.69) is 35.5 Å². The maximum Gasteiger partial charge on any atom is 0.119 e. The van der Waals surface area contributed by atoms with Crippen LogP contribution < -0.4 is 10.1 Å². The van der Waals surface area contributed by atoms with E-state index in [1.165, 1.54) is 49.9 Å². The lowest BCUT2D eigenvalue weighted by molar-refractivity contribution is 0.202. The van der Waals surface area contributed by atoms with Gasteiger partial charge in [-0.3, -0.25) is 0 Å². The van der Waals surface area contributed by atoms with Crippen molar-refractivity contribution in [2.24, 2.45) is 5.92 Å². The number of rotatable bonds is 4. The second-order valence-electron chi connectivity index (χ2n) is 6.33. The average molecular weight is 274 g/mol. The van der Waals surface area contributed by atoms with Gasteiger partial charge < -0.3 is 15.0 Å². The van der Waals surface area contributed by atoms with Gasteiger partial charge in [-0.2, -0.15) is 0 Å². The summed E-state index contributed by atoms with van der Waals surface area (Å²) in [6.07, 6.45) is 5.14. The zero-order chi connectivity index (χ0) is 13.9. The van der Waals surface area contributed by atoms with Gasteiger partial charge in [-0.25, -0.2) is 0 Å². The van der Waals surface area contributed by atoms with Crippen molar-refractivity contribution >= 4 is 0 Å². The van der Waals surface area contributed by atoms with Gasteiger partial charge in [-0.05, 0) is 75.0 Å². The summed E-state index contributed by atoms with van der Waals surface area (Å²) in [4.78, 5) is 2.46. The van der Waals surface area contributed by atoms with Crippen molar-refractivity contribution in [1.29, 1.82) is 0 Å². The topological polar surface area (TPSA) is 24.5 Å². The Labute approximate surface area is 122 Å². The Morgan fingerprint density at radius 2 is 2.25 bits per heavy atom. The molecule has 1 saturated heterocycles. The summed E-state index contributed by atoms with van der Waals surface area (Å²) >= 11 is 0. The normalized spacial score (nSPS) is 26.5. The number of hydrogen-bond donors (Lipinski definition) is 1. The molecule has 1 aliphatic carbocycles. The molecule has 1 aromatic rings. The smallest absolute Gasteiger partial charge is 0.119 e. The summed E-state index contributed by atoms with van der Waals surface area (Å²) in [5.74, 6) is 1.79. The SMILES string of the molecule is COc1ccc2c(c1)C(NCC1CCCN(C)C1)CC2. The van der Waals surface area contributed by atoms with Gasteiger partial charge in [0.15, 0.2) is 0 Å². The Bertz CT molecular complexity index is 460. The lowest BCUT2D eigenvalue weighted by atomic mass is 9.97. The van der Waals surface area contributed by atoms with E-state index < -0.39 is 0 Å². The highest BCUT2D eigenvalue weighted by Crippen LogP contribution is 2.34. The number of nitrogens with one attached hydrogen (secondary N) is 1. The van der Waals surface area contributed by atoms with Gasteiger partial charge in [-0.1, -0.05) is 6.07 Å². The molecule has 0 aromatic heterocycles. The highest BCUT2D eigenvalue weighted by Gasteiger charge is 2.24. The Balaban J connectivity index is 1.60. The second kappa shape index (κ2) is 6.15. The van der Waals surface area contributed by atoms with Gasteiger partial charge in [0.1, 0.15) is 5.75 Å². The first-order valence-corrected chi connectivity index (χ1v) is 7.85. The van der Waals surface area contributed by atoms with Crippen LogP contribution in [-0.2, 0) is 6.42 Å². The third-order valence-electron chi connectivity index (χ3n) is 4.81. The van der Waals surface area contributed by atoms with Crippen molar-refractivity contribution in [1.82, 2.24) is 10.2 Å². The summed E-state index contributed by atoms with van der Waals surface area (Å²) in [6, 6.07) is 7.04. The summed E-state index contributed by atoms with van der Waals surface area (Å²) in [6.45, 7) is 3.65. The van der Waals surface area contributed by atoms with Crippen LogP contribution in [0.4, 0.5) is 0 Å². The van der Waals surface area contributed by atoms with Crippen LogP contribution in [0, 0.1) is 5.92 Å². The Hall–Kier alpha value is -1.06. The fourth-order valence-electron chi connectivity index (χ4n) is 3.67. The van der Waals surface area contributed by atoms with Crippen LogP contribution in [-0.4, -0.2) is 38.7 Å². The molecule has 2 atom stereocenters. The number of benzene rings is 1. The number of likely N-dealkylation sites (tertiary alicyclic amines) is 1. The minimum absolute atomic E-state index is 0.521. The van der Waals surface area contributed by atoms with Crippen LogP contribution in [0.2, 0.25) is 0 Å². The summed E-state index contributed by atoms with van der Waals surface area (Å²) in [5.41, 5.74) is 2.94. The predicted octanol–water partition coefficient (Wildman–Crippen LogP) is 2.61. The van der Waals surface area contributed by atoms with Crippen molar-refractivity contribution < 1.29 is 4.74 Å². The molecule has 0 saturated carbocycles. The van der Waals surface area contributed by atoms with Crippen molar-refractivity contribution in [2.75, 3.05) is 33.8 Å². The lowest BCUT2D eigenvalue weighted by Gasteiger charge is -2.30. The van der Waals surface area contributed by atoms with E-state index in [0.29, 0.717) is 6.04 Å². The molecule has 20 heavy (non-hydrogen) atoms. The highest BCUT2D eigenvalue weighted by atomic mass is 16.5. The predicted molar refractivity (Wildman–Crippen MR) is 82.3 cm³/mol. The van der Waals surface area contributed by atoms with Crippen LogP contribution in [0.1, 0.15) is 36.4 Å². The molecule has 2 aliphatic rings. The zero-order valence-electron chi connectivity index (χ0n) is 12.7. The lowest BCUT2D eigenvalue weighted by Crippen LogP contribution is -2.38. The van der Waals surface area contributed by atoms with Crippen molar-refractivity contribution in [3.8, 4) is 5.75 Å². The summed E-state index contributed by atoms with van der Waals surface area (Å²) in [5, 5.41) is 3.80. The number of ether oxygens (including phenoxy) is 1. The van der Waals surface area contributed by atoms with Gasteiger partial charge in [-0.15, -0.1) is 0 Å². The average Bonchev–Trinajstić information content (AvgIpc) is 2.87. The Morgan fingerprint density at radius 1 is 1.35 bits per heavy atom. The van der Waals surface area contributed by atoms with E-state index >= 15 is 0 Å². The molecule has 0 bridgehead atoms. The van der Waals surface area contributed by atoms with E-state index in [-0.39, 0.29) is 0 Å². The van der Waals surface area contributed by atoms with E-state index in [1.54, 1.807) is 7.11 Å². The molecule has 3 heteroatoms. The molecule has 3 rings (SSSR count). The fraction of sp³-hybridized carbons (Fsp3) is 0.647. The van der Waals surface area contributed by atoms with Gasteiger partial charge >= 0.3 is 0 Å². The minimum Gasteiger partial charge on any atom is -0.497 e. The number of hydrogen-bond acceptors (Lipinski definition) is 3. The molecule has 0 radical (unpaired) electrons. The van der Waals surface area contributed by atoms with Gasteiger partial charge in [0.05, 0.1) is 7.11 Å². The van der Waals surface area contributed by atoms with Crippen LogP contribution in [0.5, 0.6) is 5.75 Å². The third-order valence-corrected chi connectivity index (χ3v) is 4.81. The number of methoxy groups -OCH3 is 1. The van der Waals surface area contributed by atoms with Gasteiger partial charge in [0, 0.05) is 12.6 Å². The number of aryl methyl sites for hydroxylation is 1. The largest absolute Gasteiger partial charge is 0.497 e. The third kappa shape index (κ3) is 2.99. The van der Waals surface area contributed by atoms with E-state index in [1.807, 2.05) is 0 Å². The second-order valence-corrected chi connectivity index (χ2v) is 6.33. The maximum atomic E-state index is 5.36. The van der Waals surface area contributed by atoms with Crippen LogP contribution >= 0.6 is 0 Å². The van der Waals surface area contributed by atoms with Gasteiger partial charge in [0.2, 0.25) is 0 Å². The molecule has 2 unspecified atom stereocenters. The van der Waals surface area contributed by atoms with Crippen molar-refractivity contribution in [3.63, 3.8) is 0 Å². The van der Waals surface area contributed by atoms with Crippen LogP contribution in [0.3, 0.4) is 0 Å². The van der Waals surface area contributed by atoms with E-state index in [0.717, 1.165) is 18.2 Å². The standard InChI is InChI=1S/C17H26N2O/c1-19-9-3-4-13(12-19)11-18-17-8-6-14-5-7-15(20-2)10-16(14)17/h5,7,10,13,17-18H,3-4,6,8-9,11-12H2,1-2H3. The van der Waals surface area contributed by atoms with Gasteiger partial charge in [0.25, 0.3) is 0 Å². The first-order valence-electron chi connectivity index (χ1n) is 7.85. The zero-order valence-corrected chi connectivity index (χ0v) is 12.7. The summed E-state index contributed by atoms with van der Waals surface area (Å²) < 4.78 is 5.36. The minimum atomic E-state index is 0.521. The Morgan fingerprint density at radius 3 is 3.05 bits per heavy atom. The monoisotopic (exact) mass is 274 g/mol. The van der Waals surface area contributed by atoms with Crippen molar-refractivity contribution in [2.45, 2.75) is 31.7 Å². The first-order chi connectivity index (χ1) is 9.76. The molecule has 0 spiro atoms. The number of nitrogens with zero attached hydrogens (tertiary/aromatic N) is 1.